The summed E-state index contributed by atoms with van der Waals surface area (Å²) in [6, 6.07) is 9.85. The van der Waals surface area contributed by atoms with Gasteiger partial charge in [0.25, 0.3) is 0 Å². The zero-order chi connectivity index (χ0) is 11.8. The van der Waals surface area contributed by atoms with Gasteiger partial charge < -0.3 is 10.0 Å². The third-order valence-electron chi connectivity index (χ3n) is 2.28. The fraction of sp³-hybridized carbons (Fsp3) is 0.308. The minimum atomic E-state index is -0.763. The van der Waals surface area contributed by atoms with Crippen molar-refractivity contribution in [1.29, 1.82) is 0 Å². The molecule has 0 saturated heterocycles. The lowest BCUT2D eigenvalue weighted by atomic mass is 10.2. The lowest BCUT2D eigenvalue weighted by molar-refractivity contribution is -0.136. The van der Waals surface area contributed by atoms with Crippen LogP contribution in [0.25, 0.3) is 0 Å². The molecule has 1 aromatic rings. The molecule has 16 heavy (non-hydrogen) atoms. The fourth-order valence-electron chi connectivity index (χ4n) is 1.43. The van der Waals surface area contributed by atoms with Crippen LogP contribution in [0, 0.1) is 0 Å². The lowest BCUT2D eigenvalue weighted by Gasteiger charge is -2.22. The summed E-state index contributed by atoms with van der Waals surface area (Å²) in [7, 11) is 0. The Morgan fingerprint density at radius 1 is 1.38 bits per heavy atom. The van der Waals surface area contributed by atoms with Crippen molar-refractivity contribution in [3.63, 3.8) is 0 Å². The first-order valence-corrected chi connectivity index (χ1v) is 5.37. The van der Waals surface area contributed by atoms with Gasteiger partial charge in [0.2, 0.25) is 0 Å². The molecule has 0 radical (unpaired) electrons. The van der Waals surface area contributed by atoms with Crippen LogP contribution >= 0.6 is 0 Å². The van der Waals surface area contributed by atoms with E-state index in [4.69, 9.17) is 5.11 Å². The first-order chi connectivity index (χ1) is 7.74. The number of nitrogens with zero attached hydrogens (tertiary/aromatic N) is 1. The second kappa shape index (κ2) is 6.67. The molecule has 0 amide bonds. The van der Waals surface area contributed by atoms with Crippen molar-refractivity contribution in [1.82, 2.24) is 0 Å². The quantitative estimate of drug-likeness (QED) is 0.747. The molecule has 86 valence electrons. The number of allylic oxidation sites excluding steroid dienone is 1. The number of carboxylic acid groups (broad SMARTS) is 1. The summed E-state index contributed by atoms with van der Waals surface area (Å²) in [5.74, 6) is -0.763. The summed E-state index contributed by atoms with van der Waals surface area (Å²) < 4.78 is 0. The predicted octanol–water partition coefficient (Wildman–Crippen LogP) is 2.54. The van der Waals surface area contributed by atoms with Crippen LogP contribution in [0.4, 0.5) is 5.69 Å². The zero-order valence-corrected chi connectivity index (χ0v) is 9.47. The Hall–Kier alpha value is -1.77. The van der Waals surface area contributed by atoms with Gasteiger partial charge in [0, 0.05) is 18.8 Å². The molecule has 0 fully saturated rings. The Morgan fingerprint density at radius 3 is 2.62 bits per heavy atom. The van der Waals surface area contributed by atoms with Crippen molar-refractivity contribution >= 4 is 11.7 Å². The molecule has 0 aliphatic carbocycles. The molecule has 0 spiro atoms. The van der Waals surface area contributed by atoms with E-state index in [1.54, 1.807) is 0 Å². The van der Waals surface area contributed by atoms with Crippen LogP contribution < -0.4 is 4.90 Å². The Balaban J connectivity index is 2.67. The smallest absolute Gasteiger partial charge is 0.305 e. The summed E-state index contributed by atoms with van der Waals surface area (Å²) in [5, 5.41) is 8.69. The number of carbonyl (C=O) groups is 1. The fourth-order valence-corrected chi connectivity index (χ4v) is 1.43. The van der Waals surface area contributed by atoms with Gasteiger partial charge in [-0.2, -0.15) is 0 Å². The lowest BCUT2D eigenvalue weighted by Crippen LogP contribution is -2.26. The van der Waals surface area contributed by atoms with Crippen molar-refractivity contribution in [2.45, 2.75) is 13.3 Å². The standard InChI is InChI=1S/C13H17NO2/c1-2-3-10-14(11-9-13(15)16)12-7-5-4-6-8-12/h2-8H,9-11H2,1H3,(H,15,16)/b3-2+. The molecule has 0 aliphatic heterocycles. The summed E-state index contributed by atoms with van der Waals surface area (Å²) in [6.45, 7) is 3.23. The van der Waals surface area contributed by atoms with E-state index < -0.39 is 5.97 Å². The van der Waals surface area contributed by atoms with Gasteiger partial charge in [-0.25, -0.2) is 0 Å². The zero-order valence-electron chi connectivity index (χ0n) is 9.47. The molecule has 0 aliphatic rings. The third-order valence-corrected chi connectivity index (χ3v) is 2.28. The van der Waals surface area contributed by atoms with Crippen LogP contribution in [-0.2, 0) is 4.79 Å². The number of carboxylic acids is 1. The average molecular weight is 219 g/mol. The Labute approximate surface area is 96.0 Å². The van der Waals surface area contributed by atoms with E-state index in [0.29, 0.717) is 6.54 Å². The first kappa shape index (κ1) is 12.3. The Kier molecular flexibility index (Phi) is 5.12. The van der Waals surface area contributed by atoms with Gasteiger partial charge >= 0.3 is 5.97 Å². The molecule has 1 N–H and O–H groups in total. The number of rotatable bonds is 6. The van der Waals surface area contributed by atoms with Gasteiger partial charge in [-0.1, -0.05) is 30.4 Å². The van der Waals surface area contributed by atoms with Crippen molar-refractivity contribution < 1.29 is 9.90 Å². The number of para-hydroxylation sites is 1. The van der Waals surface area contributed by atoms with Crippen LogP contribution in [0.3, 0.4) is 0 Å². The molecule has 1 aromatic carbocycles. The normalized spacial score (nSPS) is 10.6. The molecule has 3 nitrogen and oxygen atoms in total. The van der Waals surface area contributed by atoms with Crippen LogP contribution in [-0.4, -0.2) is 24.2 Å². The molecule has 0 bridgehead atoms. The van der Waals surface area contributed by atoms with E-state index in [9.17, 15) is 4.79 Å². The Morgan fingerprint density at radius 2 is 2.06 bits per heavy atom. The SMILES string of the molecule is C/C=C/CN(CCC(=O)O)c1ccccc1. The van der Waals surface area contributed by atoms with E-state index in [0.717, 1.165) is 12.2 Å². The van der Waals surface area contributed by atoms with E-state index in [1.165, 1.54) is 0 Å². The highest BCUT2D eigenvalue weighted by molar-refractivity contribution is 5.67. The summed E-state index contributed by atoms with van der Waals surface area (Å²) in [6.07, 6.45) is 4.15. The molecular weight excluding hydrogens is 202 g/mol. The van der Waals surface area contributed by atoms with Crippen molar-refractivity contribution in [3.8, 4) is 0 Å². The molecule has 0 aromatic heterocycles. The maximum Gasteiger partial charge on any atom is 0.305 e. The molecule has 0 unspecified atom stereocenters. The molecule has 0 saturated carbocycles. The van der Waals surface area contributed by atoms with Crippen LogP contribution in [0.1, 0.15) is 13.3 Å². The van der Waals surface area contributed by atoms with Gasteiger partial charge in [-0.3, -0.25) is 4.79 Å². The van der Waals surface area contributed by atoms with Gasteiger partial charge in [0.05, 0.1) is 6.42 Å². The Bertz CT molecular complexity index is 346. The van der Waals surface area contributed by atoms with Crippen LogP contribution in [0.5, 0.6) is 0 Å². The summed E-state index contributed by atoms with van der Waals surface area (Å²) in [4.78, 5) is 12.6. The van der Waals surface area contributed by atoms with Crippen molar-refractivity contribution in [2.75, 3.05) is 18.0 Å². The van der Waals surface area contributed by atoms with Crippen LogP contribution in [0.2, 0.25) is 0 Å². The van der Waals surface area contributed by atoms with Crippen LogP contribution in [0.15, 0.2) is 42.5 Å². The number of benzene rings is 1. The average Bonchev–Trinajstić information content (AvgIpc) is 2.30. The second-order valence-electron chi connectivity index (χ2n) is 3.49. The molecule has 3 heteroatoms. The molecule has 1 rings (SSSR count). The van der Waals surface area contributed by atoms with Gasteiger partial charge in [0.1, 0.15) is 0 Å². The van der Waals surface area contributed by atoms with E-state index in [-0.39, 0.29) is 6.42 Å². The largest absolute Gasteiger partial charge is 0.481 e. The first-order valence-electron chi connectivity index (χ1n) is 5.37. The summed E-state index contributed by atoms with van der Waals surface area (Å²) >= 11 is 0. The van der Waals surface area contributed by atoms with Gasteiger partial charge in [-0.15, -0.1) is 0 Å². The van der Waals surface area contributed by atoms with E-state index in [2.05, 4.69) is 0 Å². The van der Waals surface area contributed by atoms with Crippen molar-refractivity contribution in [3.05, 3.63) is 42.5 Å². The number of aliphatic carboxylic acids is 1. The number of hydrogen-bond donors (Lipinski definition) is 1. The molecule has 0 heterocycles. The minimum Gasteiger partial charge on any atom is -0.481 e. The monoisotopic (exact) mass is 219 g/mol. The van der Waals surface area contributed by atoms with E-state index >= 15 is 0 Å². The maximum atomic E-state index is 10.6. The minimum absolute atomic E-state index is 0.159. The highest BCUT2D eigenvalue weighted by Gasteiger charge is 2.06. The number of anilines is 1. The third kappa shape index (κ3) is 4.17. The number of hydrogen-bond acceptors (Lipinski definition) is 2. The highest BCUT2D eigenvalue weighted by atomic mass is 16.4. The molecule has 0 atom stereocenters. The van der Waals surface area contributed by atoms with Gasteiger partial charge in [0.15, 0.2) is 0 Å². The molecular formula is C13H17NO2. The van der Waals surface area contributed by atoms with Gasteiger partial charge in [-0.05, 0) is 19.1 Å². The summed E-state index contributed by atoms with van der Waals surface area (Å²) in [5.41, 5.74) is 1.06. The van der Waals surface area contributed by atoms with Crippen molar-refractivity contribution in [2.24, 2.45) is 0 Å². The topological polar surface area (TPSA) is 40.5 Å². The predicted molar refractivity (Wildman–Crippen MR) is 65.7 cm³/mol. The maximum absolute atomic E-state index is 10.6. The van der Waals surface area contributed by atoms with E-state index in [1.807, 2.05) is 54.3 Å². The highest BCUT2D eigenvalue weighted by Crippen LogP contribution is 2.13. The second-order valence-corrected chi connectivity index (χ2v) is 3.49.